The third-order valence-corrected chi connectivity index (χ3v) is 8.21. The van der Waals surface area contributed by atoms with Gasteiger partial charge in [-0.3, -0.25) is 4.31 Å². The number of carboxylic acids is 1. The SMILES string of the molecule is CC(O[C@@H]1Cc2ccc(OCc3c(F)cccc3Cl)cc2N(S(=O)(=O)c2cccc(C(F)(F)F)c2)C1)C(=O)O. The van der Waals surface area contributed by atoms with Crippen molar-refractivity contribution in [2.75, 3.05) is 10.8 Å². The van der Waals surface area contributed by atoms with Gasteiger partial charge in [-0.1, -0.05) is 29.8 Å². The van der Waals surface area contributed by atoms with Gasteiger partial charge < -0.3 is 14.6 Å². The summed E-state index contributed by atoms with van der Waals surface area (Å²) in [4.78, 5) is 10.7. The quantitative estimate of drug-likeness (QED) is 0.341. The van der Waals surface area contributed by atoms with E-state index in [1.54, 1.807) is 0 Å². The van der Waals surface area contributed by atoms with Gasteiger partial charge in [0.15, 0.2) is 6.10 Å². The van der Waals surface area contributed by atoms with E-state index in [1.807, 2.05) is 0 Å². The molecule has 1 heterocycles. The number of anilines is 1. The summed E-state index contributed by atoms with van der Waals surface area (Å²) in [6.45, 7) is 0.645. The molecule has 2 atom stereocenters. The number of hydrogen-bond acceptors (Lipinski definition) is 5. The summed E-state index contributed by atoms with van der Waals surface area (Å²) in [6, 6.07) is 11.8. The number of hydrogen-bond donors (Lipinski definition) is 1. The number of rotatable bonds is 8. The number of nitrogens with zero attached hydrogens (tertiary/aromatic N) is 1. The van der Waals surface area contributed by atoms with Crippen molar-refractivity contribution in [1.82, 2.24) is 0 Å². The number of ether oxygens (including phenoxy) is 2. The molecule has 0 fully saturated rings. The van der Waals surface area contributed by atoms with Crippen molar-refractivity contribution < 1.29 is 45.4 Å². The molecule has 0 spiro atoms. The van der Waals surface area contributed by atoms with E-state index in [2.05, 4.69) is 0 Å². The maximum absolute atomic E-state index is 14.2. The second-order valence-corrected chi connectivity index (χ2v) is 11.1. The van der Waals surface area contributed by atoms with E-state index in [1.165, 1.54) is 43.3 Å². The van der Waals surface area contributed by atoms with Crippen molar-refractivity contribution in [3.63, 3.8) is 0 Å². The van der Waals surface area contributed by atoms with Crippen LogP contribution >= 0.6 is 11.6 Å². The highest BCUT2D eigenvalue weighted by atomic mass is 35.5. The predicted molar refractivity (Wildman–Crippen MR) is 134 cm³/mol. The molecule has 0 bridgehead atoms. The predicted octanol–water partition coefficient (Wildman–Crippen LogP) is 5.69. The molecule has 0 saturated carbocycles. The monoisotopic (exact) mass is 587 g/mol. The first-order chi connectivity index (χ1) is 18.3. The zero-order valence-electron chi connectivity index (χ0n) is 20.3. The van der Waals surface area contributed by atoms with Crippen molar-refractivity contribution in [3.8, 4) is 5.75 Å². The Balaban J connectivity index is 1.72. The Kier molecular flexibility index (Phi) is 8.10. The average molecular weight is 588 g/mol. The third kappa shape index (κ3) is 6.29. The van der Waals surface area contributed by atoms with E-state index in [9.17, 15) is 35.9 Å². The first-order valence-corrected chi connectivity index (χ1v) is 13.4. The van der Waals surface area contributed by atoms with Crippen LogP contribution < -0.4 is 9.04 Å². The molecule has 4 rings (SSSR count). The number of benzene rings is 3. The van der Waals surface area contributed by atoms with Gasteiger partial charge in [-0.25, -0.2) is 17.6 Å². The molecule has 0 aliphatic carbocycles. The molecule has 1 aliphatic heterocycles. The second-order valence-electron chi connectivity index (χ2n) is 8.78. The topological polar surface area (TPSA) is 93.1 Å². The minimum Gasteiger partial charge on any atom is -0.489 e. The van der Waals surface area contributed by atoms with Crippen LogP contribution in [0.1, 0.15) is 23.6 Å². The molecule has 0 saturated heterocycles. The minimum atomic E-state index is -4.77. The Hall–Kier alpha value is -3.35. The third-order valence-electron chi connectivity index (χ3n) is 6.08. The molecule has 0 aromatic heterocycles. The van der Waals surface area contributed by atoms with Crippen LogP contribution in [-0.2, 0) is 38.8 Å². The molecule has 0 radical (unpaired) electrons. The van der Waals surface area contributed by atoms with Crippen LogP contribution in [0.4, 0.5) is 23.2 Å². The van der Waals surface area contributed by atoms with E-state index >= 15 is 0 Å². The fourth-order valence-corrected chi connectivity index (χ4v) is 5.87. The van der Waals surface area contributed by atoms with E-state index in [0.29, 0.717) is 11.6 Å². The van der Waals surface area contributed by atoms with Gasteiger partial charge in [-0.05, 0) is 48.9 Å². The van der Waals surface area contributed by atoms with Crippen LogP contribution in [0.25, 0.3) is 0 Å². The van der Waals surface area contributed by atoms with E-state index < -0.39 is 50.7 Å². The lowest BCUT2D eigenvalue weighted by Crippen LogP contribution is -2.45. The zero-order chi connectivity index (χ0) is 28.5. The summed E-state index contributed by atoms with van der Waals surface area (Å²) < 4.78 is 93.5. The number of carbonyl (C=O) groups is 1. The van der Waals surface area contributed by atoms with Gasteiger partial charge in [0.05, 0.1) is 33.8 Å². The van der Waals surface area contributed by atoms with Crippen molar-refractivity contribution in [3.05, 3.63) is 88.2 Å². The highest BCUT2D eigenvalue weighted by Gasteiger charge is 2.37. The number of alkyl halides is 3. The highest BCUT2D eigenvalue weighted by Crippen LogP contribution is 2.38. The van der Waals surface area contributed by atoms with E-state index in [4.69, 9.17) is 21.1 Å². The first-order valence-electron chi connectivity index (χ1n) is 11.5. The smallest absolute Gasteiger partial charge is 0.416 e. The van der Waals surface area contributed by atoms with Crippen molar-refractivity contribution in [2.45, 2.75) is 43.2 Å². The minimum absolute atomic E-state index is 0.0847. The number of halogens is 5. The summed E-state index contributed by atoms with van der Waals surface area (Å²) in [5, 5.41) is 9.36. The summed E-state index contributed by atoms with van der Waals surface area (Å²) in [6.07, 6.45) is -6.82. The molecule has 3 aromatic rings. The largest absolute Gasteiger partial charge is 0.489 e. The van der Waals surface area contributed by atoms with Gasteiger partial charge in [-0.2, -0.15) is 13.2 Å². The molecular formula is C26H22ClF4NO6S. The average Bonchev–Trinajstić information content (AvgIpc) is 2.87. The molecule has 1 unspecified atom stereocenters. The Morgan fingerprint density at radius 3 is 2.54 bits per heavy atom. The maximum atomic E-state index is 14.2. The van der Waals surface area contributed by atoms with Crippen LogP contribution in [0.2, 0.25) is 5.02 Å². The lowest BCUT2D eigenvalue weighted by molar-refractivity contribution is -0.152. The van der Waals surface area contributed by atoms with Crippen LogP contribution in [0.15, 0.2) is 65.6 Å². The summed E-state index contributed by atoms with van der Waals surface area (Å²) in [5.74, 6) is -1.71. The van der Waals surface area contributed by atoms with Gasteiger partial charge in [0.25, 0.3) is 10.0 Å². The summed E-state index contributed by atoms with van der Waals surface area (Å²) in [7, 11) is -4.58. The van der Waals surface area contributed by atoms with Gasteiger partial charge >= 0.3 is 12.1 Å². The Bertz CT molecular complexity index is 1480. The van der Waals surface area contributed by atoms with E-state index in [-0.39, 0.29) is 41.6 Å². The highest BCUT2D eigenvalue weighted by molar-refractivity contribution is 7.92. The zero-order valence-corrected chi connectivity index (χ0v) is 21.9. The second kappa shape index (κ2) is 11.0. The Morgan fingerprint density at radius 1 is 1.15 bits per heavy atom. The molecule has 0 amide bonds. The lowest BCUT2D eigenvalue weighted by atomic mass is 10.0. The van der Waals surface area contributed by atoms with Crippen LogP contribution in [0.3, 0.4) is 0 Å². The van der Waals surface area contributed by atoms with E-state index in [0.717, 1.165) is 22.5 Å². The number of carboxylic acid groups (broad SMARTS) is 1. The molecule has 1 aliphatic rings. The molecule has 208 valence electrons. The van der Waals surface area contributed by atoms with Crippen LogP contribution in [0, 0.1) is 5.82 Å². The number of fused-ring (bicyclic) bond motifs is 1. The van der Waals surface area contributed by atoms with Crippen LogP contribution in [0.5, 0.6) is 5.75 Å². The van der Waals surface area contributed by atoms with Gasteiger partial charge in [-0.15, -0.1) is 0 Å². The molecular weight excluding hydrogens is 566 g/mol. The van der Waals surface area contributed by atoms with Gasteiger partial charge in [0.1, 0.15) is 18.2 Å². The first kappa shape index (κ1) is 28.7. The van der Waals surface area contributed by atoms with Crippen molar-refractivity contribution in [1.29, 1.82) is 0 Å². The van der Waals surface area contributed by atoms with Crippen LogP contribution in [-0.4, -0.2) is 38.2 Å². The molecule has 13 heteroatoms. The Morgan fingerprint density at radius 2 is 1.87 bits per heavy atom. The number of aliphatic carboxylic acids is 1. The number of sulfonamides is 1. The Labute approximate surface area is 226 Å². The van der Waals surface area contributed by atoms with Crippen molar-refractivity contribution >= 4 is 33.3 Å². The normalized spacial score (nSPS) is 16.5. The van der Waals surface area contributed by atoms with Crippen molar-refractivity contribution in [2.24, 2.45) is 0 Å². The van der Waals surface area contributed by atoms with Gasteiger partial charge in [0.2, 0.25) is 0 Å². The fourth-order valence-electron chi connectivity index (χ4n) is 4.08. The lowest BCUT2D eigenvalue weighted by Gasteiger charge is -2.36. The molecule has 7 nitrogen and oxygen atoms in total. The maximum Gasteiger partial charge on any atom is 0.416 e. The standard InChI is InChI=1S/C26H22ClF4NO6S/c1-15(25(33)34)38-19-10-16-8-9-18(37-14-21-22(27)6-3-7-23(21)28)12-24(16)32(13-19)39(35,36)20-5-2-4-17(11-20)26(29,30)31/h2-9,11-12,15,19H,10,13-14H2,1H3,(H,33,34)/t15?,19-/m1/s1. The molecule has 3 aromatic carbocycles. The summed E-state index contributed by atoms with van der Waals surface area (Å²) >= 11 is 6.04. The fraction of sp³-hybridized carbons (Fsp3) is 0.269. The summed E-state index contributed by atoms with van der Waals surface area (Å²) in [5.41, 5.74) is -0.531. The molecule has 39 heavy (non-hydrogen) atoms. The molecule has 1 N–H and O–H groups in total. The van der Waals surface area contributed by atoms with Gasteiger partial charge in [0, 0.05) is 18.1 Å².